The maximum absolute atomic E-state index is 11.8. The van der Waals surface area contributed by atoms with Gasteiger partial charge in [-0.15, -0.1) is 0 Å². The van der Waals surface area contributed by atoms with Crippen LogP contribution in [0.1, 0.15) is 25.2 Å². The summed E-state index contributed by atoms with van der Waals surface area (Å²) < 4.78 is 14.7. The van der Waals surface area contributed by atoms with E-state index in [4.69, 9.17) is 5.73 Å². The number of nitrogens with zero attached hydrogens (tertiary/aromatic N) is 2. The monoisotopic (exact) mass is 307 g/mol. The Morgan fingerprint density at radius 2 is 2.25 bits per heavy atom. The molecule has 6 heteroatoms. The van der Waals surface area contributed by atoms with Crippen molar-refractivity contribution in [1.82, 2.24) is 9.78 Å². The van der Waals surface area contributed by atoms with Gasteiger partial charge in [-0.1, -0.05) is 0 Å². The van der Waals surface area contributed by atoms with Gasteiger partial charge in [-0.2, -0.15) is 5.10 Å². The third kappa shape index (κ3) is 3.40. The van der Waals surface area contributed by atoms with Crippen LogP contribution in [-0.2, 0) is 23.1 Å². The first-order valence-electron chi connectivity index (χ1n) is 5.28. The Morgan fingerprint density at radius 1 is 1.62 bits per heavy atom. The summed E-state index contributed by atoms with van der Waals surface area (Å²) in [5.41, 5.74) is 7.57. The average Bonchev–Trinajstić information content (AvgIpc) is 2.44. The fraction of sp³-hybridized carbons (Fsp3) is 0.700. The molecule has 0 aliphatic carbocycles. The molecule has 2 N–H and O–H groups in total. The second-order valence-corrected chi connectivity index (χ2v) is 6.18. The normalized spacial score (nSPS) is 15.1. The molecule has 1 aromatic rings. The number of hydrogen-bond donors (Lipinski definition) is 1. The molecule has 0 amide bonds. The molecular formula is C10H18BrN3OS. The summed E-state index contributed by atoms with van der Waals surface area (Å²) in [4.78, 5) is 0. The van der Waals surface area contributed by atoms with E-state index in [1.54, 1.807) is 0 Å². The van der Waals surface area contributed by atoms with Crippen molar-refractivity contribution in [1.29, 1.82) is 0 Å². The topological polar surface area (TPSA) is 60.9 Å². The largest absolute Gasteiger partial charge is 0.327 e. The molecule has 0 fully saturated rings. The highest BCUT2D eigenvalue weighted by atomic mass is 79.9. The molecule has 2 unspecified atom stereocenters. The van der Waals surface area contributed by atoms with Gasteiger partial charge in [0.05, 0.1) is 21.6 Å². The summed E-state index contributed by atoms with van der Waals surface area (Å²) in [6, 6.07) is -0.0290. The van der Waals surface area contributed by atoms with Crippen molar-refractivity contribution in [2.45, 2.75) is 39.1 Å². The van der Waals surface area contributed by atoms with Crippen LogP contribution in [0.25, 0.3) is 0 Å². The molecule has 0 saturated heterocycles. The molecule has 1 aromatic heterocycles. The molecule has 0 aromatic carbocycles. The minimum atomic E-state index is -0.926. The van der Waals surface area contributed by atoms with Gasteiger partial charge in [-0.05, 0) is 36.7 Å². The first-order valence-corrected chi connectivity index (χ1v) is 7.56. The molecule has 2 atom stereocenters. The van der Waals surface area contributed by atoms with Crippen LogP contribution in [0.3, 0.4) is 0 Å². The summed E-state index contributed by atoms with van der Waals surface area (Å²) in [5, 5.41) is 4.36. The van der Waals surface area contributed by atoms with Crippen LogP contribution < -0.4 is 5.73 Å². The zero-order chi connectivity index (χ0) is 12.3. The minimum Gasteiger partial charge on any atom is -0.327 e. The average molecular weight is 308 g/mol. The maximum Gasteiger partial charge on any atom is 0.0739 e. The molecule has 0 radical (unpaired) electrons. The lowest BCUT2D eigenvalue weighted by Crippen LogP contribution is -2.24. The molecular weight excluding hydrogens is 290 g/mol. The lowest BCUT2D eigenvalue weighted by molar-refractivity contribution is 0.625. The molecule has 0 aliphatic heterocycles. The Bertz CT molecular complexity index is 390. The molecule has 0 aliphatic rings. The van der Waals surface area contributed by atoms with Gasteiger partial charge in [-0.3, -0.25) is 8.89 Å². The highest BCUT2D eigenvalue weighted by Gasteiger charge is 2.15. The van der Waals surface area contributed by atoms with Crippen molar-refractivity contribution in [2.75, 3.05) is 5.75 Å². The van der Waals surface area contributed by atoms with Gasteiger partial charge < -0.3 is 5.73 Å². The number of rotatable bonds is 5. The van der Waals surface area contributed by atoms with Gasteiger partial charge in [0.15, 0.2) is 0 Å². The lowest BCUT2D eigenvalue weighted by atomic mass is 10.4. The van der Waals surface area contributed by atoms with Crippen molar-refractivity contribution in [3.05, 3.63) is 15.9 Å². The second kappa shape index (κ2) is 5.93. The Balaban J connectivity index is 2.83. The zero-order valence-corrected chi connectivity index (χ0v) is 12.3. The van der Waals surface area contributed by atoms with E-state index in [1.807, 2.05) is 25.5 Å². The first kappa shape index (κ1) is 13.9. The molecule has 0 bridgehead atoms. The molecule has 1 rings (SSSR count). The van der Waals surface area contributed by atoms with Crippen LogP contribution in [0.5, 0.6) is 0 Å². The van der Waals surface area contributed by atoms with E-state index in [0.29, 0.717) is 11.5 Å². The molecule has 0 spiro atoms. The lowest BCUT2D eigenvalue weighted by Gasteiger charge is -2.07. The van der Waals surface area contributed by atoms with E-state index >= 15 is 0 Å². The van der Waals surface area contributed by atoms with E-state index in [9.17, 15) is 4.21 Å². The Hall–Kier alpha value is -0.200. The fourth-order valence-corrected chi connectivity index (χ4v) is 3.42. The van der Waals surface area contributed by atoms with E-state index < -0.39 is 10.8 Å². The highest BCUT2D eigenvalue weighted by Crippen LogP contribution is 2.22. The summed E-state index contributed by atoms with van der Waals surface area (Å²) in [6.07, 6.45) is 0. The Kier molecular flexibility index (Phi) is 5.14. The fourth-order valence-electron chi connectivity index (χ4n) is 1.51. The van der Waals surface area contributed by atoms with E-state index in [0.717, 1.165) is 22.4 Å². The predicted octanol–water partition coefficient (Wildman–Crippen LogP) is 1.57. The smallest absolute Gasteiger partial charge is 0.0739 e. The van der Waals surface area contributed by atoms with Crippen molar-refractivity contribution in [2.24, 2.45) is 5.73 Å². The number of nitrogens with two attached hydrogens (primary N) is 1. The standard InChI is InChI=1S/C10H18BrN3OS/c1-4-14-9(10(11)8(3)13-14)6-16(15)5-7(2)12/h7H,4-6,12H2,1-3H3. The third-order valence-electron chi connectivity index (χ3n) is 2.20. The highest BCUT2D eigenvalue weighted by molar-refractivity contribution is 9.10. The summed E-state index contributed by atoms with van der Waals surface area (Å²) in [7, 11) is -0.926. The van der Waals surface area contributed by atoms with Crippen molar-refractivity contribution >= 4 is 26.7 Å². The van der Waals surface area contributed by atoms with E-state index in [-0.39, 0.29) is 6.04 Å². The summed E-state index contributed by atoms with van der Waals surface area (Å²) in [6.45, 7) is 6.62. The Morgan fingerprint density at radius 3 is 2.75 bits per heavy atom. The number of aromatic nitrogens is 2. The van der Waals surface area contributed by atoms with Crippen LogP contribution in [0.2, 0.25) is 0 Å². The molecule has 16 heavy (non-hydrogen) atoms. The van der Waals surface area contributed by atoms with Gasteiger partial charge >= 0.3 is 0 Å². The SMILES string of the molecule is CCn1nc(C)c(Br)c1CS(=O)CC(C)N. The van der Waals surface area contributed by atoms with Gasteiger partial charge in [0.1, 0.15) is 0 Å². The van der Waals surface area contributed by atoms with E-state index in [1.165, 1.54) is 0 Å². The van der Waals surface area contributed by atoms with Crippen LogP contribution in [0, 0.1) is 6.92 Å². The zero-order valence-electron chi connectivity index (χ0n) is 9.86. The quantitative estimate of drug-likeness (QED) is 0.898. The van der Waals surface area contributed by atoms with Gasteiger partial charge in [0.2, 0.25) is 0 Å². The molecule has 1 heterocycles. The van der Waals surface area contributed by atoms with Gasteiger partial charge in [0, 0.05) is 29.1 Å². The van der Waals surface area contributed by atoms with E-state index in [2.05, 4.69) is 21.0 Å². The van der Waals surface area contributed by atoms with Crippen LogP contribution in [0.4, 0.5) is 0 Å². The maximum atomic E-state index is 11.8. The molecule has 0 saturated carbocycles. The Labute approximate surface area is 107 Å². The summed E-state index contributed by atoms with van der Waals surface area (Å²) >= 11 is 3.49. The van der Waals surface area contributed by atoms with Crippen LogP contribution >= 0.6 is 15.9 Å². The second-order valence-electron chi connectivity index (χ2n) is 3.89. The molecule has 92 valence electrons. The first-order chi connectivity index (χ1) is 7.45. The van der Waals surface area contributed by atoms with Crippen molar-refractivity contribution in [3.63, 3.8) is 0 Å². The van der Waals surface area contributed by atoms with Gasteiger partial charge in [0.25, 0.3) is 0 Å². The van der Waals surface area contributed by atoms with Crippen molar-refractivity contribution < 1.29 is 4.21 Å². The minimum absolute atomic E-state index is 0.0290. The number of aryl methyl sites for hydroxylation is 2. The predicted molar refractivity (Wildman–Crippen MR) is 70.7 cm³/mol. The number of hydrogen-bond acceptors (Lipinski definition) is 3. The number of halogens is 1. The summed E-state index contributed by atoms with van der Waals surface area (Å²) in [5.74, 6) is 1.04. The van der Waals surface area contributed by atoms with Crippen molar-refractivity contribution in [3.8, 4) is 0 Å². The van der Waals surface area contributed by atoms with Gasteiger partial charge in [-0.25, -0.2) is 0 Å². The van der Waals surface area contributed by atoms with Crippen LogP contribution in [0.15, 0.2) is 4.47 Å². The third-order valence-corrected chi connectivity index (χ3v) is 4.72. The van der Waals surface area contributed by atoms with Crippen LogP contribution in [-0.4, -0.2) is 25.8 Å². The molecule has 4 nitrogen and oxygen atoms in total.